The number of aromatic nitrogens is 6. The maximum absolute atomic E-state index is 13.0. The van der Waals surface area contributed by atoms with Crippen molar-refractivity contribution in [2.24, 2.45) is 0 Å². The Morgan fingerprint density at radius 1 is 1.18 bits per heavy atom. The van der Waals surface area contributed by atoms with Gasteiger partial charge in [0.2, 0.25) is 5.01 Å². The van der Waals surface area contributed by atoms with Crippen LogP contribution in [0.1, 0.15) is 43.4 Å². The van der Waals surface area contributed by atoms with Crippen LogP contribution >= 0.6 is 11.3 Å². The Bertz CT molecular complexity index is 1020. The van der Waals surface area contributed by atoms with Gasteiger partial charge < -0.3 is 4.90 Å². The molecule has 0 aliphatic carbocycles. The average molecular weight is 409 g/mol. The van der Waals surface area contributed by atoms with Crippen LogP contribution in [0.25, 0.3) is 15.9 Å². The van der Waals surface area contributed by atoms with E-state index in [2.05, 4.69) is 31.3 Å². The lowest BCUT2D eigenvalue weighted by molar-refractivity contribution is -0.137. The molecule has 148 valence electrons. The molecule has 28 heavy (non-hydrogen) atoms. The monoisotopic (exact) mass is 409 g/mol. The van der Waals surface area contributed by atoms with Crippen LogP contribution in [-0.4, -0.2) is 43.0 Å². The molecule has 1 aliphatic heterocycles. The van der Waals surface area contributed by atoms with Crippen LogP contribution in [0.2, 0.25) is 0 Å². The molecule has 0 saturated carbocycles. The lowest BCUT2D eigenvalue weighted by Crippen LogP contribution is -2.25. The van der Waals surface area contributed by atoms with E-state index >= 15 is 0 Å². The molecule has 0 bridgehead atoms. The molecule has 0 radical (unpaired) electrons. The topological polar surface area (TPSA) is 72.6 Å². The minimum Gasteiger partial charge on any atom is -0.354 e. The summed E-state index contributed by atoms with van der Waals surface area (Å²) in [5.74, 6) is 0.442. The van der Waals surface area contributed by atoms with Gasteiger partial charge in [0.05, 0.1) is 6.20 Å². The summed E-state index contributed by atoms with van der Waals surface area (Å²) in [7, 11) is 0. The predicted molar refractivity (Wildman–Crippen MR) is 100 cm³/mol. The van der Waals surface area contributed by atoms with Gasteiger partial charge in [0.25, 0.3) is 0 Å². The van der Waals surface area contributed by atoms with Crippen LogP contribution in [-0.2, 0) is 6.18 Å². The van der Waals surface area contributed by atoms with Gasteiger partial charge in [-0.05, 0) is 32.3 Å². The zero-order valence-electron chi connectivity index (χ0n) is 15.3. The zero-order chi connectivity index (χ0) is 19.9. The molecule has 0 fully saturated rings. The molecule has 0 N–H and O–H groups in total. The molecule has 3 aromatic rings. The van der Waals surface area contributed by atoms with E-state index in [0.29, 0.717) is 36.7 Å². The molecule has 0 spiro atoms. The van der Waals surface area contributed by atoms with Crippen LogP contribution in [0.3, 0.4) is 0 Å². The van der Waals surface area contributed by atoms with Gasteiger partial charge in [-0.25, -0.2) is 19.6 Å². The van der Waals surface area contributed by atoms with E-state index in [1.807, 2.05) is 24.9 Å². The van der Waals surface area contributed by atoms with Gasteiger partial charge >= 0.3 is 6.18 Å². The number of hydrogen-bond acceptors (Lipinski definition) is 7. The second-order valence-corrected chi connectivity index (χ2v) is 7.78. The number of alkyl halides is 3. The molecule has 0 atom stereocenters. The van der Waals surface area contributed by atoms with Gasteiger partial charge in [0, 0.05) is 19.1 Å². The molecule has 0 saturated heterocycles. The summed E-state index contributed by atoms with van der Waals surface area (Å²) < 4.78 is 40.9. The van der Waals surface area contributed by atoms with E-state index in [1.54, 1.807) is 4.68 Å². The van der Waals surface area contributed by atoms with Crippen molar-refractivity contribution in [1.82, 2.24) is 29.9 Å². The SMILES string of the molecule is CC(C)n1cc(C2=CCCN(c3ncnc4sc(C(F)(F)F)nc34)CC2)nn1. The highest BCUT2D eigenvalue weighted by atomic mass is 32.1. The Labute approximate surface area is 162 Å². The quantitative estimate of drug-likeness (QED) is 0.652. The highest BCUT2D eigenvalue weighted by molar-refractivity contribution is 7.18. The van der Waals surface area contributed by atoms with Crippen LogP contribution in [0.15, 0.2) is 18.6 Å². The molecular formula is C17H18F3N7S. The normalized spacial score (nSPS) is 15.9. The Balaban J connectivity index is 1.58. The van der Waals surface area contributed by atoms with Crippen molar-refractivity contribution < 1.29 is 13.2 Å². The first-order valence-corrected chi connectivity index (χ1v) is 9.69. The highest BCUT2D eigenvalue weighted by Crippen LogP contribution is 2.37. The Morgan fingerprint density at radius 2 is 2.00 bits per heavy atom. The van der Waals surface area contributed by atoms with Crippen molar-refractivity contribution in [2.45, 2.75) is 38.9 Å². The summed E-state index contributed by atoms with van der Waals surface area (Å²) in [5.41, 5.74) is 2.11. The number of thiazole rings is 1. The molecule has 7 nitrogen and oxygen atoms in total. The fourth-order valence-electron chi connectivity index (χ4n) is 3.08. The fraction of sp³-hybridized carbons (Fsp3) is 0.471. The number of anilines is 1. The Hall–Kier alpha value is -2.56. The molecule has 4 rings (SSSR count). The zero-order valence-corrected chi connectivity index (χ0v) is 16.1. The Morgan fingerprint density at radius 3 is 2.71 bits per heavy atom. The lowest BCUT2D eigenvalue weighted by Gasteiger charge is -2.21. The maximum atomic E-state index is 13.0. The smallest absolute Gasteiger partial charge is 0.354 e. The van der Waals surface area contributed by atoms with Gasteiger partial charge in [0.15, 0.2) is 5.82 Å². The summed E-state index contributed by atoms with van der Waals surface area (Å²) in [5, 5.41) is 7.49. The highest BCUT2D eigenvalue weighted by Gasteiger charge is 2.36. The average Bonchev–Trinajstić information content (AvgIpc) is 3.23. The van der Waals surface area contributed by atoms with Crippen LogP contribution < -0.4 is 4.90 Å². The predicted octanol–water partition coefficient (Wildman–Crippen LogP) is 3.96. The summed E-state index contributed by atoms with van der Waals surface area (Å²) in [6, 6.07) is 0.228. The van der Waals surface area contributed by atoms with Gasteiger partial charge in [-0.2, -0.15) is 13.2 Å². The number of fused-ring (bicyclic) bond motifs is 1. The van der Waals surface area contributed by atoms with E-state index in [0.717, 1.165) is 17.7 Å². The molecule has 0 aromatic carbocycles. The van der Waals surface area contributed by atoms with Crippen LogP contribution in [0.4, 0.5) is 19.0 Å². The number of rotatable bonds is 3. The Kier molecular flexibility index (Phi) is 4.77. The summed E-state index contributed by atoms with van der Waals surface area (Å²) in [6.45, 7) is 5.30. The van der Waals surface area contributed by atoms with Crippen molar-refractivity contribution in [2.75, 3.05) is 18.0 Å². The second kappa shape index (κ2) is 7.12. The first-order chi connectivity index (χ1) is 13.3. The lowest BCUT2D eigenvalue weighted by atomic mass is 10.1. The first-order valence-electron chi connectivity index (χ1n) is 8.88. The fourth-order valence-corrected chi connectivity index (χ4v) is 3.85. The van der Waals surface area contributed by atoms with E-state index in [1.165, 1.54) is 6.33 Å². The van der Waals surface area contributed by atoms with Crippen LogP contribution in [0, 0.1) is 0 Å². The molecule has 0 unspecified atom stereocenters. The van der Waals surface area contributed by atoms with Crippen molar-refractivity contribution in [3.8, 4) is 0 Å². The van der Waals surface area contributed by atoms with E-state index in [4.69, 9.17) is 0 Å². The van der Waals surface area contributed by atoms with E-state index in [-0.39, 0.29) is 16.4 Å². The molecular weight excluding hydrogens is 391 g/mol. The van der Waals surface area contributed by atoms with Crippen LogP contribution in [0.5, 0.6) is 0 Å². The molecule has 0 amide bonds. The second-order valence-electron chi connectivity index (χ2n) is 6.80. The number of halogens is 3. The molecule has 11 heteroatoms. The van der Waals surface area contributed by atoms with Crippen molar-refractivity contribution in [3.05, 3.63) is 29.3 Å². The minimum absolute atomic E-state index is 0.203. The summed E-state index contributed by atoms with van der Waals surface area (Å²) >= 11 is 0.542. The standard InChI is InChI=1S/C17H18F3N7S/c1-10(2)27-8-12(24-25-27)11-4-3-6-26(7-5-11)14-13-15(22-9-21-14)28-16(23-13)17(18,19)20/h4,8-10H,3,5-7H2,1-2H3. The third-order valence-electron chi connectivity index (χ3n) is 4.53. The van der Waals surface area contributed by atoms with Gasteiger partial charge in [-0.15, -0.1) is 5.10 Å². The summed E-state index contributed by atoms with van der Waals surface area (Å²) in [4.78, 5) is 14.2. The maximum Gasteiger partial charge on any atom is 0.443 e. The molecule has 3 aromatic heterocycles. The van der Waals surface area contributed by atoms with Crippen molar-refractivity contribution in [3.63, 3.8) is 0 Å². The van der Waals surface area contributed by atoms with Crippen molar-refractivity contribution in [1.29, 1.82) is 0 Å². The minimum atomic E-state index is -4.49. The van der Waals surface area contributed by atoms with Gasteiger partial charge in [0.1, 0.15) is 22.4 Å². The van der Waals surface area contributed by atoms with E-state index in [9.17, 15) is 13.2 Å². The number of hydrogen-bond donors (Lipinski definition) is 0. The van der Waals surface area contributed by atoms with E-state index < -0.39 is 11.2 Å². The first kappa shape index (κ1) is 18.8. The van der Waals surface area contributed by atoms with Gasteiger partial charge in [-0.3, -0.25) is 0 Å². The summed E-state index contributed by atoms with van der Waals surface area (Å²) in [6.07, 6.45) is 2.26. The largest absolute Gasteiger partial charge is 0.443 e. The van der Waals surface area contributed by atoms with Gasteiger partial charge in [-0.1, -0.05) is 22.6 Å². The molecule has 1 aliphatic rings. The molecule has 4 heterocycles. The third-order valence-corrected chi connectivity index (χ3v) is 5.54. The number of nitrogens with zero attached hydrogens (tertiary/aromatic N) is 7. The van der Waals surface area contributed by atoms with Crippen molar-refractivity contribution >= 4 is 33.1 Å². The third kappa shape index (κ3) is 3.58.